The van der Waals surface area contributed by atoms with Gasteiger partial charge in [-0.3, -0.25) is 4.79 Å². The van der Waals surface area contributed by atoms with E-state index in [4.69, 9.17) is 9.15 Å². The number of amides is 1. The maximum atomic E-state index is 12.7. The predicted octanol–water partition coefficient (Wildman–Crippen LogP) is 6.15. The Morgan fingerprint density at radius 2 is 1.90 bits per heavy atom. The molecule has 1 heterocycles. The van der Waals surface area contributed by atoms with E-state index >= 15 is 0 Å². The van der Waals surface area contributed by atoms with Crippen LogP contribution >= 0.6 is 0 Å². The Balaban J connectivity index is 1.55. The molecule has 0 saturated carbocycles. The first-order chi connectivity index (χ1) is 14.5. The van der Waals surface area contributed by atoms with E-state index in [0.717, 1.165) is 12.0 Å². The van der Waals surface area contributed by atoms with E-state index in [1.807, 2.05) is 43.3 Å². The lowest BCUT2D eigenvalue weighted by Crippen LogP contribution is -2.12. The van der Waals surface area contributed by atoms with Crippen molar-refractivity contribution in [3.8, 4) is 17.2 Å². The summed E-state index contributed by atoms with van der Waals surface area (Å²) in [5.41, 5.74) is 5.92. The number of carbonyl (C=O) groups is 1. The number of aryl methyl sites for hydroxylation is 2. The Morgan fingerprint density at radius 3 is 2.70 bits per heavy atom. The number of carbonyl (C=O) groups excluding carboxylic acids is 1. The molecule has 0 aliphatic heterocycles. The Labute approximate surface area is 175 Å². The molecule has 0 unspecified atom stereocenters. The summed E-state index contributed by atoms with van der Waals surface area (Å²) in [7, 11) is 0. The number of benzene rings is 3. The molecule has 1 aromatic heterocycles. The fraction of sp³-hybridized carbons (Fsp3) is 0.200. The Hall–Kier alpha value is -3.60. The molecule has 5 heteroatoms. The highest BCUT2D eigenvalue weighted by Gasteiger charge is 2.12. The van der Waals surface area contributed by atoms with Gasteiger partial charge in [0.1, 0.15) is 11.3 Å². The van der Waals surface area contributed by atoms with E-state index in [2.05, 4.69) is 36.3 Å². The van der Waals surface area contributed by atoms with E-state index in [9.17, 15) is 4.79 Å². The van der Waals surface area contributed by atoms with Gasteiger partial charge in [0.15, 0.2) is 5.58 Å². The topological polar surface area (TPSA) is 64.4 Å². The largest absolute Gasteiger partial charge is 0.494 e. The van der Waals surface area contributed by atoms with Crippen LogP contribution in [0.1, 0.15) is 34.8 Å². The summed E-state index contributed by atoms with van der Waals surface area (Å²) in [5, 5.41) is 2.92. The quantitative estimate of drug-likeness (QED) is 0.421. The minimum atomic E-state index is -0.200. The van der Waals surface area contributed by atoms with Crippen molar-refractivity contribution in [3.63, 3.8) is 0 Å². The van der Waals surface area contributed by atoms with Crippen LogP contribution in [0.5, 0.6) is 5.75 Å². The van der Waals surface area contributed by atoms with Crippen molar-refractivity contribution in [2.24, 2.45) is 0 Å². The maximum absolute atomic E-state index is 12.7. The maximum Gasteiger partial charge on any atom is 0.255 e. The monoisotopic (exact) mass is 400 g/mol. The zero-order valence-electron chi connectivity index (χ0n) is 17.4. The molecule has 1 amide bonds. The Morgan fingerprint density at radius 1 is 1.03 bits per heavy atom. The molecule has 0 radical (unpaired) electrons. The summed E-state index contributed by atoms with van der Waals surface area (Å²) < 4.78 is 11.5. The molecule has 152 valence electrons. The van der Waals surface area contributed by atoms with Gasteiger partial charge in [0.2, 0.25) is 5.89 Å². The molecular formula is C25H24N2O3. The minimum Gasteiger partial charge on any atom is -0.494 e. The lowest BCUT2D eigenvalue weighted by molar-refractivity contribution is 0.102. The summed E-state index contributed by atoms with van der Waals surface area (Å²) in [6, 6.07) is 18.8. The SMILES string of the molecule is CCCOc1cccc(C(=O)Nc2ccc3oc(-c4ccc(C)c(C)c4)nc3c2)c1. The van der Waals surface area contributed by atoms with Crippen LogP contribution in [0.25, 0.3) is 22.6 Å². The van der Waals surface area contributed by atoms with Crippen LogP contribution in [0.4, 0.5) is 5.69 Å². The number of hydrogen-bond donors (Lipinski definition) is 1. The Kier molecular flexibility index (Phi) is 5.53. The van der Waals surface area contributed by atoms with Crippen LogP contribution in [0.15, 0.2) is 65.1 Å². The fourth-order valence-corrected chi connectivity index (χ4v) is 3.15. The molecule has 1 N–H and O–H groups in total. The van der Waals surface area contributed by atoms with Gasteiger partial charge in [-0.05, 0) is 79.9 Å². The van der Waals surface area contributed by atoms with Crippen molar-refractivity contribution < 1.29 is 13.9 Å². The molecule has 0 fully saturated rings. The number of rotatable bonds is 6. The first-order valence-corrected chi connectivity index (χ1v) is 10.1. The van der Waals surface area contributed by atoms with Crippen LogP contribution < -0.4 is 10.1 Å². The van der Waals surface area contributed by atoms with Crippen molar-refractivity contribution in [1.82, 2.24) is 4.98 Å². The molecule has 0 aliphatic carbocycles. The van der Waals surface area contributed by atoms with E-state index < -0.39 is 0 Å². The van der Waals surface area contributed by atoms with Gasteiger partial charge >= 0.3 is 0 Å². The minimum absolute atomic E-state index is 0.200. The summed E-state index contributed by atoms with van der Waals surface area (Å²) >= 11 is 0. The number of hydrogen-bond acceptors (Lipinski definition) is 4. The average Bonchev–Trinajstić information content (AvgIpc) is 3.18. The predicted molar refractivity (Wildman–Crippen MR) is 119 cm³/mol. The molecule has 0 aliphatic rings. The normalized spacial score (nSPS) is 10.9. The summed E-state index contributed by atoms with van der Waals surface area (Å²) in [6.07, 6.45) is 0.915. The summed E-state index contributed by atoms with van der Waals surface area (Å²) in [4.78, 5) is 17.3. The van der Waals surface area contributed by atoms with Gasteiger partial charge in [0, 0.05) is 16.8 Å². The van der Waals surface area contributed by atoms with Crippen molar-refractivity contribution in [2.45, 2.75) is 27.2 Å². The van der Waals surface area contributed by atoms with Crippen molar-refractivity contribution in [2.75, 3.05) is 11.9 Å². The highest BCUT2D eigenvalue weighted by atomic mass is 16.5. The van der Waals surface area contributed by atoms with Crippen molar-refractivity contribution >= 4 is 22.7 Å². The third kappa shape index (κ3) is 4.20. The first-order valence-electron chi connectivity index (χ1n) is 10.1. The Bertz CT molecular complexity index is 1210. The van der Waals surface area contributed by atoms with Gasteiger partial charge in [-0.1, -0.05) is 19.1 Å². The lowest BCUT2D eigenvalue weighted by Gasteiger charge is -2.08. The van der Waals surface area contributed by atoms with Crippen LogP contribution in [0.2, 0.25) is 0 Å². The molecule has 3 aromatic carbocycles. The van der Waals surface area contributed by atoms with Crippen molar-refractivity contribution in [3.05, 3.63) is 77.4 Å². The van der Waals surface area contributed by atoms with Gasteiger partial charge < -0.3 is 14.5 Å². The molecule has 0 spiro atoms. The number of fused-ring (bicyclic) bond motifs is 1. The highest BCUT2D eigenvalue weighted by molar-refractivity contribution is 6.05. The van der Waals surface area contributed by atoms with Gasteiger partial charge in [0.05, 0.1) is 6.61 Å². The highest BCUT2D eigenvalue weighted by Crippen LogP contribution is 2.27. The molecular weight excluding hydrogens is 376 g/mol. The third-order valence-corrected chi connectivity index (χ3v) is 4.97. The molecule has 0 saturated heterocycles. The number of anilines is 1. The number of ether oxygens (including phenoxy) is 1. The second-order valence-electron chi connectivity index (χ2n) is 7.33. The number of oxazole rings is 1. The van der Waals surface area contributed by atoms with Crippen LogP contribution in [0.3, 0.4) is 0 Å². The van der Waals surface area contributed by atoms with E-state index in [1.165, 1.54) is 11.1 Å². The number of nitrogens with one attached hydrogen (secondary N) is 1. The number of nitrogens with zero attached hydrogens (tertiary/aromatic N) is 1. The zero-order chi connectivity index (χ0) is 21.1. The van der Waals surface area contributed by atoms with Crippen LogP contribution in [-0.4, -0.2) is 17.5 Å². The fourth-order valence-electron chi connectivity index (χ4n) is 3.15. The second-order valence-corrected chi connectivity index (χ2v) is 7.33. The summed E-state index contributed by atoms with van der Waals surface area (Å²) in [5.74, 6) is 1.06. The molecule has 0 bridgehead atoms. The average molecular weight is 400 g/mol. The third-order valence-electron chi connectivity index (χ3n) is 4.97. The van der Waals surface area contributed by atoms with E-state index in [0.29, 0.717) is 40.6 Å². The smallest absolute Gasteiger partial charge is 0.255 e. The van der Waals surface area contributed by atoms with Crippen LogP contribution in [0, 0.1) is 13.8 Å². The molecule has 5 nitrogen and oxygen atoms in total. The summed E-state index contributed by atoms with van der Waals surface area (Å²) in [6.45, 7) is 6.81. The molecule has 0 atom stereocenters. The second kappa shape index (κ2) is 8.41. The van der Waals surface area contributed by atoms with Gasteiger partial charge in [-0.15, -0.1) is 0 Å². The van der Waals surface area contributed by atoms with E-state index in [-0.39, 0.29) is 5.91 Å². The molecule has 4 aromatic rings. The molecule has 4 rings (SSSR count). The van der Waals surface area contributed by atoms with Gasteiger partial charge in [-0.25, -0.2) is 4.98 Å². The van der Waals surface area contributed by atoms with Gasteiger partial charge in [-0.2, -0.15) is 0 Å². The lowest BCUT2D eigenvalue weighted by atomic mass is 10.1. The molecule has 30 heavy (non-hydrogen) atoms. The first kappa shape index (κ1) is 19.7. The standard InChI is InChI=1S/C25H24N2O3/c1-4-12-29-21-7-5-6-18(14-21)24(28)26-20-10-11-23-22(15-20)27-25(30-23)19-9-8-16(2)17(3)13-19/h5-11,13-15H,4,12H2,1-3H3,(H,26,28). The zero-order valence-corrected chi connectivity index (χ0v) is 17.4. The van der Waals surface area contributed by atoms with Crippen LogP contribution in [-0.2, 0) is 0 Å². The van der Waals surface area contributed by atoms with Crippen molar-refractivity contribution in [1.29, 1.82) is 0 Å². The number of aromatic nitrogens is 1. The van der Waals surface area contributed by atoms with Gasteiger partial charge in [0.25, 0.3) is 5.91 Å². The van der Waals surface area contributed by atoms with E-state index in [1.54, 1.807) is 12.1 Å².